The van der Waals surface area contributed by atoms with Gasteiger partial charge in [-0.05, 0) is 43.7 Å². The van der Waals surface area contributed by atoms with Crippen LogP contribution in [0.4, 0.5) is 5.00 Å². The number of hydrogen-bond donors (Lipinski definition) is 3. The number of thiophene rings is 1. The Labute approximate surface area is 175 Å². The summed E-state index contributed by atoms with van der Waals surface area (Å²) >= 11 is 4.49. The Morgan fingerprint density at radius 3 is 2.39 bits per heavy atom. The van der Waals surface area contributed by atoms with Crippen LogP contribution < -0.4 is 16.2 Å². The molecule has 0 aliphatic carbocycles. The van der Waals surface area contributed by atoms with E-state index in [9.17, 15) is 14.4 Å². The molecular formula is C19H20BrN3O4S. The molecule has 2 rings (SSSR count). The maximum Gasteiger partial charge on any atom is 0.341 e. The third kappa shape index (κ3) is 5.20. The van der Waals surface area contributed by atoms with Gasteiger partial charge >= 0.3 is 5.97 Å². The minimum absolute atomic E-state index is 0.214. The molecule has 2 aromatic rings. The molecule has 0 bridgehead atoms. The fraction of sp³-hybridized carbons (Fsp3) is 0.211. The van der Waals surface area contributed by atoms with Gasteiger partial charge in [-0.1, -0.05) is 22.5 Å². The summed E-state index contributed by atoms with van der Waals surface area (Å²) in [5.41, 5.74) is 7.06. The maximum atomic E-state index is 12.3. The lowest BCUT2D eigenvalue weighted by molar-refractivity contribution is -0.114. The van der Waals surface area contributed by atoms with Crippen LogP contribution in [0.2, 0.25) is 0 Å². The maximum absolute atomic E-state index is 12.3. The summed E-state index contributed by atoms with van der Waals surface area (Å²) in [5.74, 6) is -1.17. The topological polar surface area (TPSA) is 96.5 Å². The van der Waals surface area contributed by atoms with Gasteiger partial charge in [-0.15, -0.1) is 11.3 Å². The molecule has 3 N–H and O–H groups in total. The first-order valence-electron chi connectivity index (χ1n) is 8.33. The lowest BCUT2D eigenvalue weighted by Gasteiger charge is -2.11. The average molecular weight is 466 g/mol. The molecule has 0 aliphatic heterocycles. The van der Waals surface area contributed by atoms with Gasteiger partial charge in [0.05, 0.1) is 22.7 Å². The van der Waals surface area contributed by atoms with E-state index in [4.69, 9.17) is 4.74 Å². The van der Waals surface area contributed by atoms with E-state index in [1.165, 1.54) is 18.3 Å². The summed E-state index contributed by atoms with van der Waals surface area (Å²) in [6.07, 6.45) is 0. The van der Waals surface area contributed by atoms with Crippen LogP contribution in [0.5, 0.6) is 0 Å². The fourth-order valence-corrected chi connectivity index (χ4v) is 3.79. The first-order chi connectivity index (χ1) is 13.2. The summed E-state index contributed by atoms with van der Waals surface area (Å²) in [4.78, 5) is 36.6. The van der Waals surface area contributed by atoms with Gasteiger partial charge in [0.2, 0.25) is 5.91 Å². The van der Waals surface area contributed by atoms with Crippen molar-refractivity contribution in [3.05, 3.63) is 56.9 Å². The molecule has 2 amide bonds. The number of amides is 2. The smallest absolute Gasteiger partial charge is 0.341 e. The molecule has 0 spiro atoms. The highest BCUT2D eigenvalue weighted by atomic mass is 79.9. The van der Waals surface area contributed by atoms with Crippen LogP contribution in [0.15, 0.2) is 35.3 Å². The molecule has 0 radical (unpaired) electrons. The number of hydrazine groups is 1. The van der Waals surface area contributed by atoms with Gasteiger partial charge in [-0.25, -0.2) is 4.79 Å². The first kappa shape index (κ1) is 21.6. The number of carbonyl (C=O) groups excluding carboxylic acids is 3. The van der Waals surface area contributed by atoms with Crippen LogP contribution in [0.3, 0.4) is 0 Å². The Morgan fingerprint density at radius 1 is 1.18 bits per heavy atom. The van der Waals surface area contributed by atoms with Gasteiger partial charge in [0.15, 0.2) is 0 Å². The van der Waals surface area contributed by atoms with Crippen LogP contribution in [0.1, 0.15) is 45.0 Å². The average Bonchev–Trinajstić information content (AvgIpc) is 2.95. The van der Waals surface area contributed by atoms with Crippen LogP contribution >= 0.6 is 27.3 Å². The molecule has 148 valence electrons. The highest BCUT2D eigenvalue weighted by Gasteiger charge is 2.24. The van der Waals surface area contributed by atoms with Crippen LogP contribution in [-0.4, -0.2) is 24.4 Å². The monoisotopic (exact) mass is 465 g/mol. The molecule has 9 heteroatoms. The van der Waals surface area contributed by atoms with Crippen molar-refractivity contribution < 1.29 is 19.1 Å². The minimum atomic E-state index is -0.530. The number of halogens is 1. The van der Waals surface area contributed by atoms with Crippen molar-refractivity contribution in [2.24, 2.45) is 0 Å². The largest absolute Gasteiger partial charge is 0.462 e. The van der Waals surface area contributed by atoms with E-state index in [1.807, 2.05) is 0 Å². The number of esters is 1. The molecule has 0 atom stereocenters. The minimum Gasteiger partial charge on any atom is -0.462 e. The molecule has 7 nitrogen and oxygen atoms in total. The SMILES string of the molecule is C=C(NNC(=O)c1ccc(Br)cc1)c1sc(NC(C)=O)c(C(=O)OCC)c1C. The van der Waals surface area contributed by atoms with Crippen molar-refractivity contribution in [3.63, 3.8) is 0 Å². The summed E-state index contributed by atoms with van der Waals surface area (Å²) in [6, 6.07) is 6.87. The number of carbonyl (C=O) groups is 3. The zero-order valence-electron chi connectivity index (χ0n) is 15.6. The van der Waals surface area contributed by atoms with E-state index < -0.39 is 5.97 Å². The summed E-state index contributed by atoms with van der Waals surface area (Å²) in [6.45, 7) is 8.92. The highest BCUT2D eigenvalue weighted by Crippen LogP contribution is 2.36. The molecule has 1 aromatic carbocycles. The molecule has 28 heavy (non-hydrogen) atoms. The zero-order valence-corrected chi connectivity index (χ0v) is 18.0. The molecular weight excluding hydrogens is 446 g/mol. The van der Waals surface area contributed by atoms with E-state index in [0.717, 1.165) is 4.47 Å². The predicted octanol–water partition coefficient (Wildman–Crippen LogP) is 3.86. The van der Waals surface area contributed by atoms with Gasteiger partial charge in [0.1, 0.15) is 5.00 Å². The second-order valence-corrected chi connectivity index (χ2v) is 7.66. The number of rotatable bonds is 7. The Balaban J connectivity index is 2.20. The quantitative estimate of drug-likeness (QED) is 0.426. The van der Waals surface area contributed by atoms with Crippen molar-refractivity contribution >= 4 is 55.7 Å². The van der Waals surface area contributed by atoms with E-state index in [-0.39, 0.29) is 24.0 Å². The fourth-order valence-electron chi connectivity index (χ4n) is 2.36. The van der Waals surface area contributed by atoms with Gasteiger partial charge in [0, 0.05) is 17.0 Å². The standard InChI is InChI=1S/C19H20BrN3O4S/c1-5-27-19(26)15-10(2)16(28-18(15)21-12(4)24)11(3)22-23-17(25)13-6-8-14(20)9-7-13/h6-9,22H,3,5H2,1-2,4H3,(H,21,24)(H,23,25). The molecule has 0 unspecified atom stereocenters. The van der Waals surface area contributed by atoms with E-state index in [0.29, 0.717) is 26.7 Å². The van der Waals surface area contributed by atoms with Gasteiger partial charge in [-0.3, -0.25) is 20.4 Å². The van der Waals surface area contributed by atoms with Crippen molar-refractivity contribution in [2.45, 2.75) is 20.8 Å². The van der Waals surface area contributed by atoms with Gasteiger partial charge < -0.3 is 10.1 Å². The van der Waals surface area contributed by atoms with Gasteiger partial charge in [-0.2, -0.15) is 0 Å². The second kappa shape index (κ2) is 9.52. The van der Waals surface area contributed by atoms with E-state index >= 15 is 0 Å². The summed E-state index contributed by atoms with van der Waals surface area (Å²) in [7, 11) is 0. The highest BCUT2D eigenvalue weighted by molar-refractivity contribution is 9.10. The lowest BCUT2D eigenvalue weighted by Crippen LogP contribution is -2.35. The lowest BCUT2D eigenvalue weighted by atomic mass is 10.1. The van der Waals surface area contributed by atoms with Gasteiger partial charge in [0.25, 0.3) is 5.91 Å². The molecule has 1 aromatic heterocycles. The third-order valence-electron chi connectivity index (χ3n) is 3.62. The molecule has 1 heterocycles. The van der Waals surface area contributed by atoms with Crippen LogP contribution in [0, 0.1) is 6.92 Å². The van der Waals surface area contributed by atoms with Crippen LogP contribution in [-0.2, 0) is 9.53 Å². The zero-order chi connectivity index (χ0) is 20.8. The Morgan fingerprint density at radius 2 is 1.82 bits per heavy atom. The number of anilines is 1. The van der Waals surface area contributed by atoms with Crippen molar-refractivity contribution in [1.29, 1.82) is 0 Å². The Hall–Kier alpha value is -2.65. The molecule has 0 fully saturated rings. The van der Waals surface area contributed by atoms with Crippen molar-refractivity contribution in [1.82, 2.24) is 10.9 Å². The Kier molecular flexibility index (Phi) is 7.36. The molecule has 0 saturated carbocycles. The first-order valence-corrected chi connectivity index (χ1v) is 9.94. The number of benzene rings is 1. The second-order valence-electron chi connectivity index (χ2n) is 5.73. The van der Waals surface area contributed by atoms with E-state index in [2.05, 4.69) is 38.7 Å². The summed E-state index contributed by atoms with van der Waals surface area (Å²) in [5, 5.41) is 3.02. The van der Waals surface area contributed by atoms with Crippen molar-refractivity contribution in [3.8, 4) is 0 Å². The summed E-state index contributed by atoms with van der Waals surface area (Å²) < 4.78 is 5.95. The van der Waals surface area contributed by atoms with Crippen LogP contribution in [0.25, 0.3) is 5.70 Å². The van der Waals surface area contributed by atoms with Crippen molar-refractivity contribution in [2.75, 3.05) is 11.9 Å². The predicted molar refractivity (Wildman–Crippen MR) is 113 cm³/mol. The number of nitrogens with one attached hydrogen (secondary N) is 3. The molecule has 0 saturated heterocycles. The molecule has 0 aliphatic rings. The normalized spacial score (nSPS) is 10.1. The number of hydrogen-bond acceptors (Lipinski definition) is 6. The number of ether oxygens (including phenoxy) is 1. The Bertz CT molecular complexity index is 922. The van der Waals surface area contributed by atoms with E-state index in [1.54, 1.807) is 38.1 Å². The third-order valence-corrected chi connectivity index (χ3v) is 5.42.